The van der Waals surface area contributed by atoms with E-state index < -0.39 is 34.6 Å². The lowest BCUT2D eigenvalue weighted by Gasteiger charge is -2.56. The Morgan fingerprint density at radius 1 is 0.950 bits per heavy atom. The molecular formula is C14H16O6. The van der Waals surface area contributed by atoms with Gasteiger partial charge >= 0.3 is 11.9 Å². The first-order valence-corrected chi connectivity index (χ1v) is 6.67. The molecule has 4 bridgehead atoms. The third-order valence-electron chi connectivity index (χ3n) is 5.20. The van der Waals surface area contributed by atoms with Gasteiger partial charge in [-0.05, 0) is 25.7 Å². The Bertz CT molecular complexity index is 492. The Morgan fingerprint density at radius 3 is 1.70 bits per heavy atom. The van der Waals surface area contributed by atoms with Gasteiger partial charge in [0, 0.05) is 11.8 Å². The lowest BCUT2D eigenvalue weighted by Crippen LogP contribution is -2.67. The molecule has 4 atom stereocenters. The van der Waals surface area contributed by atoms with E-state index in [0.29, 0.717) is 6.42 Å². The van der Waals surface area contributed by atoms with Gasteiger partial charge in [-0.3, -0.25) is 19.2 Å². The zero-order valence-electron chi connectivity index (χ0n) is 11.4. The van der Waals surface area contributed by atoms with Gasteiger partial charge in [-0.1, -0.05) is 0 Å². The summed E-state index contributed by atoms with van der Waals surface area (Å²) in [4.78, 5) is 49.2. The molecule has 4 aliphatic rings. The van der Waals surface area contributed by atoms with E-state index in [1.165, 1.54) is 14.2 Å². The zero-order chi connectivity index (χ0) is 14.7. The van der Waals surface area contributed by atoms with E-state index in [2.05, 4.69) is 0 Å². The Kier molecular flexibility index (Phi) is 2.59. The van der Waals surface area contributed by atoms with E-state index in [1.54, 1.807) is 0 Å². The van der Waals surface area contributed by atoms with Gasteiger partial charge < -0.3 is 9.47 Å². The van der Waals surface area contributed by atoms with Crippen LogP contribution >= 0.6 is 0 Å². The number of ether oxygens (including phenoxy) is 2. The standard InChI is InChI=1S/C14H16O6/c1-19-11(17)13-4-7-3-8(9(13)15)5-14(6-13,10(7)16)12(18)20-2/h7-8H,3-6H2,1-2H3/t7-,8-,13-,14+/m1/s1. The molecule has 0 aliphatic heterocycles. The van der Waals surface area contributed by atoms with Crippen molar-refractivity contribution in [1.82, 2.24) is 0 Å². The molecule has 4 rings (SSSR count). The summed E-state index contributed by atoms with van der Waals surface area (Å²) < 4.78 is 9.55. The number of carbonyl (C=O) groups excluding carboxylic acids is 4. The molecule has 0 unspecified atom stereocenters. The van der Waals surface area contributed by atoms with E-state index in [4.69, 9.17) is 9.47 Å². The minimum absolute atomic E-state index is 0.0932. The highest BCUT2D eigenvalue weighted by atomic mass is 16.5. The summed E-state index contributed by atoms with van der Waals surface area (Å²) >= 11 is 0. The smallest absolute Gasteiger partial charge is 0.319 e. The third kappa shape index (κ3) is 1.29. The maximum Gasteiger partial charge on any atom is 0.319 e. The van der Waals surface area contributed by atoms with Crippen LogP contribution in [0, 0.1) is 22.7 Å². The van der Waals surface area contributed by atoms with Crippen LogP contribution in [0.3, 0.4) is 0 Å². The van der Waals surface area contributed by atoms with E-state index >= 15 is 0 Å². The molecule has 6 nitrogen and oxygen atoms in total. The molecule has 0 aromatic heterocycles. The first-order chi connectivity index (χ1) is 9.41. The van der Waals surface area contributed by atoms with Gasteiger partial charge in [0.05, 0.1) is 14.2 Å². The Morgan fingerprint density at radius 2 is 1.35 bits per heavy atom. The largest absolute Gasteiger partial charge is 0.468 e. The second-order valence-electron chi connectivity index (χ2n) is 6.09. The number of hydrogen-bond donors (Lipinski definition) is 0. The fourth-order valence-electron chi connectivity index (χ4n) is 4.47. The Hall–Kier alpha value is -1.72. The normalized spacial score (nSPS) is 41.7. The molecule has 0 heterocycles. The van der Waals surface area contributed by atoms with Crippen molar-refractivity contribution in [3.8, 4) is 0 Å². The lowest BCUT2D eigenvalue weighted by atomic mass is 9.43. The molecule has 0 N–H and O–H groups in total. The number of rotatable bonds is 2. The monoisotopic (exact) mass is 280 g/mol. The number of carbonyl (C=O) groups is 4. The minimum atomic E-state index is -1.33. The van der Waals surface area contributed by atoms with Crippen LogP contribution in [0.1, 0.15) is 25.7 Å². The van der Waals surface area contributed by atoms with Crippen LogP contribution in [0.5, 0.6) is 0 Å². The Labute approximate surface area is 115 Å². The average molecular weight is 280 g/mol. The molecule has 0 amide bonds. The summed E-state index contributed by atoms with van der Waals surface area (Å²) in [7, 11) is 2.45. The zero-order valence-corrected chi connectivity index (χ0v) is 11.4. The van der Waals surface area contributed by atoms with E-state index in [1.807, 2.05) is 0 Å². The van der Waals surface area contributed by atoms with Crippen LogP contribution in [-0.4, -0.2) is 37.7 Å². The van der Waals surface area contributed by atoms with Crippen LogP contribution in [0.15, 0.2) is 0 Å². The van der Waals surface area contributed by atoms with Crippen molar-refractivity contribution in [1.29, 1.82) is 0 Å². The predicted octanol–water partition coefficient (Wildman–Crippen LogP) is 0.277. The molecule has 6 heteroatoms. The number of hydrogen-bond acceptors (Lipinski definition) is 6. The van der Waals surface area contributed by atoms with Gasteiger partial charge in [0.25, 0.3) is 0 Å². The second kappa shape index (κ2) is 3.90. The van der Waals surface area contributed by atoms with Crippen molar-refractivity contribution >= 4 is 23.5 Å². The molecule has 4 saturated carbocycles. The summed E-state index contributed by atoms with van der Waals surface area (Å²) in [6.45, 7) is 0. The molecule has 4 fully saturated rings. The van der Waals surface area contributed by atoms with Gasteiger partial charge in [0.1, 0.15) is 10.8 Å². The number of esters is 2. The van der Waals surface area contributed by atoms with E-state index in [-0.39, 0.29) is 30.8 Å². The number of methoxy groups -OCH3 is 2. The summed E-state index contributed by atoms with van der Waals surface area (Å²) in [5, 5.41) is 0. The highest BCUT2D eigenvalue weighted by Crippen LogP contribution is 2.62. The summed E-state index contributed by atoms with van der Waals surface area (Å²) in [6, 6.07) is 0. The lowest BCUT2D eigenvalue weighted by molar-refractivity contribution is -0.192. The van der Waals surface area contributed by atoms with Crippen molar-refractivity contribution in [3.63, 3.8) is 0 Å². The van der Waals surface area contributed by atoms with Crippen LogP contribution in [0.25, 0.3) is 0 Å². The molecular weight excluding hydrogens is 264 g/mol. The summed E-state index contributed by atoms with van der Waals surface area (Å²) in [6.07, 6.45) is 0.693. The fraction of sp³-hybridized carbons (Fsp3) is 0.714. The molecule has 108 valence electrons. The van der Waals surface area contributed by atoms with E-state index in [0.717, 1.165) is 0 Å². The minimum Gasteiger partial charge on any atom is -0.468 e. The average Bonchev–Trinajstić information content (AvgIpc) is 2.44. The van der Waals surface area contributed by atoms with Crippen LogP contribution in [0.4, 0.5) is 0 Å². The fourth-order valence-corrected chi connectivity index (χ4v) is 4.47. The highest BCUT2D eigenvalue weighted by Gasteiger charge is 2.72. The molecule has 20 heavy (non-hydrogen) atoms. The van der Waals surface area contributed by atoms with Crippen LogP contribution < -0.4 is 0 Å². The first-order valence-electron chi connectivity index (χ1n) is 6.67. The van der Waals surface area contributed by atoms with Gasteiger partial charge in [0.15, 0.2) is 11.6 Å². The van der Waals surface area contributed by atoms with E-state index in [9.17, 15) is 19.2 Å². The van der Waals surface area contributed by atoms with Gasteiger partial charge in [-0.2, -0.15) is 0 Å². The first kappa shape index (κ1) is 13.3. The number of Topliss-reactive ketones (excluding diaryl/α,β-unsaturated/α-hetero) is 2. The SMILES string of the molecule is COC(=O)[C@]12C[C@H]3C[C@H](C[C@](C(=O)OC)(C1)C3=O)C2=O. The maximum atomic E-state index is 12.5. The van der Waals surface area contributed by atoms with Gasteiger partial charge in [-0.25, -0.2) is 0 Å². The Balaban J connectivity index is 2.13. The van der Waals surface area contributed by atoms with Crippen molar-refractivity contribution in [2.45, 2.75) is 25.7 Å². The quantitative estimate of drug-likeness (QED) is 0.533. The van der Waals surface area contributed by atoms with Gasteiger partial charge in [-0.15, -0.1) is 0 Å². The molecule has 0 aromatic rings. The number of ketones is 2. The van der Waals surface area contributed by atoms with Crippen molar-refractivity contribution in [2.24, 2.45) is 22.7 Å². The molecule has 0 aromatic carbocycles. The third-order valence-corrected chi connectivity index (χ3v) is 5.20. The highest BCUT2D eigenvalue weighted by molar-refractivity contribution is 6.16. The van der Waals surface area contributed by atoms with Gasteiger partial charge in [0.2, 0.25) is 0 Å². The van der Waals surface area contributed by atoms with Crippen LogP contribution in [0.2, 0.25) is 0 Å². The van der Waals surface area contributed by atoms with Crippen LogP contribution in [-0.2, 0) is 28.7 Å². The van der Waals surface area contributed by atoms with Crippen molar-refractivity contribution < 1.29 is 28.7 Å². The van der Waals surface area contributed by atoms with Crippen molar-refractivity contribution in [2.75, 3.05) is 14.2 Å². The summed E-state index contributed by atoms with van der Waals surface area (Å²) in [5.74, 6) is -2.44. The van der Waals surface area contributed by atoms with Crippen molar-refractivity contribution in [3.05, 3.63) is 0 Å². The maximum absolute atomic E-state index is 12.5. The molecule has 0 spiro atoms. The molecule has 4 aliphatic carbocycles. The second-order valence-corrected chi connectivity index (χ2v) is 6.09. The summed E-state index contributed by atoms with van der Waals surface area (Å²) in [5.41, 5.74) is -2.66. The topological polar surface area (TPSA) is 86.7 Å². The predicted molar refractivity (Wildman–Crippen MR) is 64.4 cm³/mol. The molecule has 0 radical (unpaired) electrons. The molecule has 0 saturated heterocycles.